The average molecular weight is 338 g/mol. The summed E-state index contributed by atoms with van der Waals surface area (Å²) in [6, 6.07) is 10.7. The van der Waals surface area contributed by atoms with Gasteiger partial charge in [0.25, 0.3) is 0 Å². The number of likely N-dealkylation sites (tertiary alicyclic amines) is 2. The van der Waals surface area contributed by atoms with Crippen LogP contribution in [0.25, 0.3) is 0 Å². The van der Waals surface area contributed by atoms with Gasteiger partial charge in [-0.2, -0.15) is 0 Å². The van der Waals surface area contributed by atoms with E-state index in [9.17, 15) is 4.79 Å². The predicted octanol–water partition coefficient (Wildman–Crippen LogP) is 2.61. The molecule has 5 heteroatoms. The molecule has 2 aliphatic heterocycles. The van der Waals surface area contributed by atoms with Gasteiger partial charge in [0.05, 0.1) is 12.6 Å². The number of hydrogen-bond donors (Lipinski definition) is 0. The van der Waals surface area contributed by atoms with Crippen molar-refractivity contribution in [3.8, 4) is 0 Å². The minimum atomic E-state index is 0.184. The second-order valence-electron chi connectivity index (χ2n) is 7.25. The average Bonchev–Trinajstić information content (AvgIpc) is 3.00. The van der Waals surface area contributed by atoms with Crippen molar-refractivity contribution in [2.24, 2.45) is 13.0 Å². The fourth-order valence-electron chi connectivity index (χ4n) is 3.99. The summed E-state index contributed by atoms with van der Waals surface area (Å²) in [5.74, 6) is 1.64. The van der Waals surface area contributed by atoms with E-state index >= 15 is 0 Å². The van der Waals surface area contributed by atoms with E-state index in [1.807, 2.05) is 25.5 Å². The van der Waals surface area contributed by atoms with Gasteiger partial charge in [-0.15, -0.1) is 0 Å². The highest BCUT2D eigenvalue weighted by Gasteiger charge is 2.37. The Bertz CT molecular complexity index is 718. The first-order valence-electron chi connectivity index (χ1n) is 9.26. The number of aryl methyl sites for hydroxylation is 1. The lowest BCUT2D eigenvalue weighted by Crippen LogP contribution is -2.49. The monoisotopic (exact) mass is 338 g/mol. The van der Waals surface area contributed by atoms with Crippen LogP contribution in [-0.2, 0) is 18.4 Å². The number of aromatic nitrogens is 2. The molecule has 1 aromatic heterocycles. The molecule has 1 amide bonds. The topological polar surface area (TPSA) is 41.4 Å². The van der Waals surface area contributed by atoms with Crippen LogP contribution in [0.4, 0.5) is 0 Å². The molecule has 3 heterocycles. The Kier molecular flexibility index (Phi) is 4.57. The number of carbonyl (C=O) groups excluding carboxylic acids is 1. The summed E-state index contributed by atoms with van der Waals surface area (Å²) in [5, 5.41) is 0. The molecule has 2 aromatic rings. The molecule has 0 bridgehead atoms. The molecule has 0 N–H and O–H groups in total. The van der Waals surface area contributed by atoms with E-state index in [-0.39, 0.29) is 5.92 Å². The lowest BCUT2D eigenvalue weighted by atomic mass is 9.89. The van der Waals surface area contributed by atoms with E-state index in [0.717, 1.165) is 51.3 Å². The molecule has 0 saturated carbocycles. The standard InChI is InChI=1S/C20H26N4O/c1-22-14-10-21-19(22)15-23-11-7-17(8-12-23)20(25)24-13-9-18(24)16-5-3-2-4-6-16/h2-6,10,14,17-18H,7-9,11-13,15H2,1H3. The van der Waals surface area contributed by atoms with Gasteiger partial charge in [-0.1, -0.05) is 30.3 Å². The van der Waals surface area contributed by atoms with E-state index in [0.29, 0.717) is 11.9 Å². The van der Waals surface area contributed by atoms with Crippen molar-refractivity contribution in [1.82, 2.24) is 19.4 Å². The summed E-state index contributed by atoms with van der Waals surface area (Å²) in [6.45, 7) is 3.74. The van der Waals surface area contributed by atoms with Gasteiger partial charge in [-0.3, -0.25) is 9.69 Å². The number of hydrogen-bond acceptors (Lipinski definition) is 3. The highest BCUT2D eigenvalue weighted by Crippen LogP contribution is 2.35. The molecular weight excluding hydrogens is 312 g/mol. The van der Waals surface area contributed by atoms with Gasteiger partial charge in [0.1, 0.15) is 5.82 Å². The maximum Gasteiger partial charge on any atom is 0.226 e. The Morgan fingerprint density at radius 3 is 2.48 bits per heavy atom. The predicted molar refractivity (Wildman–Crippen MR) is 96.7 cm³/mol. The van der Waals surface area contributed by atoms with Crippen molar-refractivity contribution < 1.29 is 4.79 Å². The Morgan fingerprint density at radius 1 is 1.12 bits per heavy atom. The third-order valence-corrected chi connectivity index (χ3v) is 5.71. The van der Waals surface area contributed by atoms with Crippen molar-refractivity contribution in [2.75, 3.05) is 19.6 Å². The van der Waals surface area contributed by atoms with Crippen LogP contribution >= 0.6 is 0 Å². The van der Waals surface area contributed by atoms with E-state index in [1.165, 1.54) is 5.56 Å². The highest BCUT2D eigenvalue weighted by atomic mass is 16.2. The van der Waals surface area contributed by atoms with Crippen LogP contribution < -0.4 is 0 Å². The normalized spacial score (nSPS) is 22.0. The number of imidazole rings is 1. The van der Waals surface area contributed by atoms with Crippen LogP contribution in [0.2, 0.25) is 0 Å². The van der Waals surface area contributed by atoms with E-state index in [2.05, 4.69) is 43.6 Å². The second-order valence-corrected chi connectivity index (χ2v) is 7.25. The summed E-state index contributed by atoms with van der Waals surface area (Å²) in [4.78, 5) is 21.8. The summed E-state index contributed by atoms with van der Waals surface area (Å²) in [5.41, 5.74) is 1.27. The molecule has 0 aliphatic carbocycles. The first kappa shape index (κ1) is 16.3. The number of rotatable bonds is 4. The lowest BCUT2D eigenvalue weighted by molar-refractivity contribution is -0.145. The van der Waals surface area contributed by atoms with Gasteiger partial charge in [0.15, 0.2) is 0 Å². The third kappa shape index (κ3) is 3.33. The summed E-state index contributed by atoms with van der Waals surface area (Å²) < 4.78 is 2.07. The van der Waals surface area contributed by atoms with Gasteiger partial charge >= 0.3 is 0 Å². The highest BCUT2D eigenvalue weighted by molar-refractivity contribution is 5.80. The molecule has 4 rings (SSSR count). The lowest BCUT2D eigenvalue weighted by Gasteiger charge is -2.44. The number of benzene rings is 1. The number of carbonyl (C=O) groups is 1. The molecule has 1 unspecified atom stereocenters. The summed E-state index contributed by atoms with van der Waals surface area (Å²) in [7, 11) is 2.03. The van der Waals surface area contributed by atoms with Crippen molar-refractivity contribution in [2.45, 2.75) is 31.8 Å². The Labute approximate surface area is 149 Å². The van der Waals surface area contributed by atoms with Crippen molar-refractivity contribution in [3.05, 3.63) is 54.1 Å². The Balaban J connectivity index is 1.32. The van der Waals surface area contributed by atoms with Crippen LogP contribution in [0.15, 0.2) is 42.7 Å². The maximum atomic E-state index is 12.9. The van der Waals surface area contributed by atoms with E-state index < -0.39 is 0 Å². The van der Waals surface area contributed by atoms with Crippen molar-refractivity contribution in [1.29, 1.82) is 0 Å². The first-order chi connectivity index (χ1) is 12.2. The molecule has 0 radical (unpaired) electrons. The largest absolute Gasteiger partial charge is 0.337 e. The third-order valence-electron chi connectivity index (χ3n) is 5.71. The minimum Gasteiger partial charge on any atom is -0.337 e. The quantitative estimate of drug-likeness (QED) is 0.860. The van der Waals surface area contributed by atoms with Gasteiger partial charge in [0.2, 0.25) is 5.91 Å². The fourth-order valence-corrected chi connectivity index (χ4v) is 3.99. The summed E-state index contributed by atoms with van der Waals surface area (Å²) in [6.07, 6.45) is 6.84. The number of nitrogens with zero attached hydrogens (tertiary/aromatic N) is 4. The molecular formula is C20H26N4O. The van der Waals surface area contributed by atoms with Crippen LogP contribution in [0, 0.1) is 5.92 Å². The van der Waals surface area contributed by atoms with E-state index in [1.54, 1.807) is 0 Å². The number of amides is 1. The van der Waals surface area contributed by atoms with Crippen molar-refractivity contribution in [3.63, 3.8) is 0 Å². The molecule has 1 aromatic carbocycles. The molecule has 1 atom stereocenters. The molecule has 5 nitrogen and oxygen atoms in total. The van der Waals surface area contributed by atoms with Crippen LogP contribution in [0.1, 0.15) is 36.7 Å². The molecule has 132 valence electrons. The van der Waals surface area contributed by atoms with Crippen LogP contribution in [0.5, 0.6) is 0 Å². The van der Waals surface area contributed by atoms with Crippen molar-refractivity contribution >= 4 is 5.91 Å². The van der Waals surface area contributed by atoms with Gasteiger partial charge < -0.3 is 9.47 Å². The minimum absolute atomic E-state index is 0.184. The van der Waals surface area contributed by atoms with Gasteiger partial charge in [-0.05, 0) is 37.9 Å². The number of piperidine rings is 1. The van der Waals surface area contributed by atoms with Crippen LogP contribution in [-0.4, -0.2) is 44.9 Å². The zero-order valence-corrected chi connectivity index (χ0v) is 14.8. The van der Waals surface area contributed by atoms with E-state index in [4.69, 9.17) is 0 Å². The zero-order chi connectivity index (χ0) is 17.2. The molecule has 2 aliphatic rings. The Hall–Kier alpha value is -2.14. The first-order valence-corrected chi connectivity index (χ1v) is 9.26. The summed E-state index contributed by atoms with van der Waals surface area (Å²) >= 11 is 0. The second kappa shape index (κ2) is 7.00. The molecule has 2 saturated heterocycles. The molecule has 0 spiro atoms. The fraction of sp³-hybridized carbons (Fsp3) is 0.500. The molecule has 2 fully saturated rings. The maximum absolute atomic E-state index is 12.9. The van der Waals surface area contributed by atoms with Gasteiger partial charge in [0, 0.05) is 31.9 Å². The van der Waals surface area contributed by atoms with Crippen LogP contribution in [0.3, 0.4) is 0 Å². The van der Waals surface area contributed by atoms with Gasteiger partial charge in [-0.25, -0.2) is 4.98 Å². The molecule has 25 heavy (non-hydrogen) atoms. The smallest absolute Gasteiger partial charge is 0.226 e. The Morgan fingerprint density at radius 2 is 1.88 bits per heavy atom. The zero-order valence-electron chi connectivity index (χ0n) is 14.8. The SMILES string of the molecule is Cn1ccnc1CN1CCC(C(=O)N2CCC2c2ccccc2)CC1.